The molecule has 0 aliphatic carbocycles. The Kier molecular flexibility index (Phi) is 5.03. The minimum absolute atomic E-state index is 0.258. The molecule has 0 saturated carbocycles. The van der Waals surface area contributed by atoms with E-state index in [2.05, 4.69) is 35.7 Å². The third kappa shape index (κ3) is 4.08. The third-order valence-electron chi connectivity index (χ3n) is 3.89. The van der Waals surface area contributed by atoms with Crippen LogP contribution in [0.5, 0.6) is 0 Å². The van der Waals surface area contributed by atoms with E-state index < -0.39 is 0 Å². The summed E-state index contributed by atoms with van der Waals surface area (Å²) in [4.78, 5) is 15.6. The molecule has 3 heterocycles. The van der Waals surface area contributed by atoms with Gasteiger partial charge < -0.3 is 26.5 Å². The van der Waals surface area contributed by atoms with Gasteiger partial charge in [-0.05, 0) is 19.4 Å². The molecule has 1 atom stereocenters. The predicted octanol–water partition coefficient (Wildman–Crippen LogP) is 2.30. The SMILES string of the molecule is [C-]#[N+]c1cnc(Nc2cc(NCC3CCCCN3)c(N)cn2)cn1. The van der Waals surface area contributed by atoms with Gasteiger partial charge in [-0.25, -0.2) is 9.97 Å². The van der Waals surface area contributed by atoms with Gasteiger partial charge in [0, 0.05) is 18.7 Å². The van der Waals surface area contributed by atoms with Crippen molar-refractivity contribution in [1.29, 1.82) is 0 Å². The van der Waals surface area contributed by atoms with Gasteiger partial charge >= 0.3 is 0 Å². The molecule has 3 rings (SSSR count). The van der Waals surface area contributed by atoms with Gasteiger partial charge in [0.05, 0.1) is 23.8 Å². The first-order valence-electron chi connectivity index (χ1n) is 7.94. The Morgan fingerprint density at radius 2 is 2.08 bits per heavy atom. The fourth-order valence-electron chi connectivity index (χ4n) is 2.59. The van der Waals surface area contributed by atoms with E-state index in [0.717, 1.165) is 18.8 Å². The van der Waals surface area contributed by atoms with Crippen LogP contribution in [0.4, 0.5) is 28.8 Å². The second-order valence-electron chi connectivity index (χ2n) is 5.68. The average Bonchev–Trinajstić information content (AvgIpc) is 2.63. The Bertz CT molecular complexity index is 716. The number of nitrogens with zero attached hydrogens (tertiary/aromatic N) is 4. The first kappa shape index (κ1) is 16.0. The molecule has 0 spiro atoms. The maximum Gasteiger partial charge on any atom is 0.288 e. The van der Waals surface area contributed by atoms with Crippen LogP contribution in [-0.4, -0.2) is 34.1 Å². The Labute approximate surface area is 140 Å². The van der Waals surface area contributed by atoms with E-state index in [0.29, 0.717) is 23.4 Å². The van der Waals surface area contributed by atoms with Crippen LogP contribution in [0.25, 0.3) is 4.85 Å². The van der Waals surface area contributed by atoms with Crippen LogP contribution in [0.15, 0.2) is 24.7 Å². The molecule has 24 heavy (non-hydrogen) atoms. The highest BCUT2D eigenvalue weighted by molar-refractivity contribution is 5.70. The second kappa shape index (κ2) is 7.57. The zero-order valence-electron chi connectivity index (χ0n) is 13.3. The van der Waals surface area contributed by atoms with Gasteiger partial charge in [-0.3, -0.25) is 0 Å². The molecule has 1 saturated heterocycles. The molecule has 0 aromatic carbocycles. The lowest BCUT2D eigenvalue weighted by atomic mass is 10.1. The zero-order chi connectivity index (χ0) is 16.8. The number of piperidine rings is 1. The maximum absolute atomic E-state index is 6.88. The topological polar surface area (TPSA) is 105 Å². The largest absolute Gasteiger partial charge is 0.396 e. The maximum atomic E-state index is 6.88. The minimum Gasteiger partial charge on any atom is -0.396 e. The van der Waals surface area contributed by atoms with Crippen LogP contribution in [0, 0.1) is 6.57 Å². The molecule has 1 aliphatic rings. The number of pyridine rings is 1. The summed E-state index contributed by atoms with van der Waals surface area (Å²) in [6.07, 6.45) is 8.21. The fraction of sp³-hybridized carbons (Fsp3) is 0.375. The van der Waals surface area contributed by atoms with Crippen LogP contribution < -0.4 is 21.7 Å². The highest BCUT2D eigenvalue weighted by Gasteiger charge is 2.13. The summed E-state index contributed by atoms with van der Waals surface area (Å²) < 4.78 is 0. The summed E-state index contributed by atoms with van der Waals surface area (Å²) in [6.45, 7) is 8.78. The monoisotopic (exact) mass is 324 g/mol. The number of hydrogen-bond acceptors (Lipinski definition) is 7. The van der Waals surface area contributed by atoms with Crippen molar-refractivity contribution in [1.82, 2.24) is 20.3 Å². The molecule has 1 fully saturated rings. The second-order valence-corrected chi connectivity index (χ2v) is 5.68. The van der Waals surface area contributed by atoms with E-state index >= 15 is 0 Å². The van der Waals surface area contributed by atoms with E-state index in [1.165, 1.54) is 31.7 Å². The molecule has 0 radical (unpaired) electrons. The van der Waals surface area contributed by atoms with Crippen LogP contribution in [0.1, 0.15) is 19.3 Å². The van der Waals surface area contributed by atoms with Crippen molar-refractivity contribution in [2.75, 3.05) is 29.5 Å². The van der Waals surface area contributed by atoms with Gasteiger partial charge in [0.2, 0.25) is 0 Å². The first-order chi connectivity index (χ1) is 11.7. The number of aromatic nitrogens is 3. The Morgan fingerprint density at radius 1 is 1.21 bits per heavy atom. The zero-order valence-corrected chi connectivity index (χ0v) is 13.3. The molecule has 5 N–H and O–H groups in total. The molecule has 124 valence electrons. The van der Waals surface area contributed by atoms with E-state index in [9.17, 15) is 0 Å². The van der Waals surface area contributed by atoms with Crippen LogP contribution in [0.2, 0.25) is 0 Å². The van der Waals surface area contributed by atoms with Crippen LogP contribution in [0.3, 0.4) is 0 Å². The summed E-state index contributed by atoms with van der Waals surface area (Å²) >= 11 is 0. The van der Waals surface area contributed by atoms with Crippen molar-refractivity contribution < 1.29 is 0 Å². The summed E-state index contributed by atoms with van der Waals surface area (Å²) in [6, 6.07) is 2.32. The van der Waals surface area contributed by atoms with E-state index in [1.807, 2.05) is 6.07 Å². The number of hydrogen-bond donors (Lipinski definition) is 4. The van der Waals surface area contributed by atoms with E-state index in [-0.39, 0.29) is 5.82 Å². The summed E-state index contributed by atoms with van der Waals surface area (Å²) in [5.41, 5.74) is 7.44. The minimum atomic E-state index is 0.258. The number of nitrogens with two attached hydrogens (primary N) is 1. The van der Waals surface area contributed by atoms with Crippen LogP contribution in [-0.2, 0) is 0 Å². The van der Waals surface area contributed by atoms with E-state index in [4.69, 9.17) is 12.3 Å². The van der Waals surface area contributed by atoms with Crippen LogP contribution >= 0.6 is 0 Å². The van der Waals surface area contributed by atoms with Gasteiger partial charge in [0.1, 0.15) is 5.82 Å². The first-order valence-corrected chi connectivity index (χ1v) is 7.94. The van der Waals surface area contributed by atoms with Crippen molar-refractivity contribution in [2.24, 2.45) is 0 Å². The smallest absolute Gasteiger partial charge is 0.288 e. The Morgan fingerprint density at radius 3 is 2.79 bits per heavy atom. The average molecular weight is 324 g/mol. The summed E-state index contributed by atoms with van der Waals surface area (Å²) in [7, 11) is 0. The fourth-order valence-corrected chi connectivity index (χ4v) is 2.59. The van der Waals surface area contributed by atoms with Crippen molar-refractivity contribution in [3.05, 3.63) is 36.1 Å². The molecule has 0 amide bonds. The van der Waals surface area contributed by atoms with Gasteiger partial charge in [0.15, 0.2) is 12.0 Å². The molecule has 1 unspecified atom stereocenters. The lowest BCUT2D eigenvalue weighted by Gasteiger charge is -2.24. The predicted molar refractivity (Wildman–Crippen MR) is 94.4 cm³/mol. The normalized spacial score (nSPS) is 17.0. The molecule has 2 aromatic rings. The van der Waals surface area contributed by atoms with Crippen molar-refractivity contribution >= 4 is 28.8 Å². The number of rotatable bonds is 5. The number of nitrogens with one attached hydrogen (secondary N) is 3. The highest BCUT2D eigenvalue weighted by Crippen LogP contribution is 2.23. The Hall–Kier alpha value is -2.92. The van der Waals surface area contributed by atoms with Gasteiger partial charge in [-0.1, -0.05) is 13.0 Å². The molecule has 8 heteroatoms. The molecule has 0 bridgehead atoms. The van der Waals surface area contributed by atoms with Crippen molar-refractivity contribution in [3.8, 4) is 0 Å². The standard InChI is InChI=1S/C16H20N8/c1-18-15-9-23-16(10-22-15)24-14-6-13(12(17)8-21-14)20-7-11-4-2-3-5-19-11/h6,8-11,19H,2-5,7,17H2,(H2,20,21,23,24). The lowest BCUT2D eigenvalue weighted by molar-refractivity contribution is 0.414. The molecular formula is C16H20N8. The van der Waals surface area contributed by atoms with Crippen molar-refractivity contribution in [3.63, 3.8) is 0 Å². The van der Waals surface area contributed by atoms with Gasteiger partial charge in [-0.15, -0.1) is 4.98 Å². The summed E-state index contributed by atoms with van der Waals surface area (Å²) in [5, 5.41) is 9.94. The molecule has 2 aromatic heterocycles. The van der Waals surface area contributed by atoms with Crippen molar-refractivity contribution in [2.45, 2.75) is 25.3 Å². The lowest BCUT2D eigenvalue weighted by Crippen LogP contribution is -2.39. The quantitative estimate of drug-likeness (QED) is 0.625. The van der Waals surface area contributed by atoms with Gasteiger partial charge in [-0.2, -0.15) is 0 Å². The third-order valence-corrected chi connectivity index (χ3v) is 3.89. The Balaban J connectivity index is 1.65. The number of anilines is 4. The molecular weight excluding hydrogens is 304 g/mol. The molecule has 1 aliphatic heterocycles. The van der Waals surface area contributed by atoms with Gasteiger partial charge in [0.25, 0.3) is 5.82 Å². The summed E-state index contributed by atoms with van der Waals surface area (Å²) in [5.74, 6) is 1.40. The molecule has 8 nitrogen and oxygen atoms in total. The highest BCUT2D eigenvalue weighted by atomic mass is 15.1. The number of nitrogen functional groups attached to an aromatic ring is 1. The van der Waals surface area contributed by atoms with E-state index in [1.54, 1.807) is 6.20 Å².